The van der Waals surface area contributed by atoms with Crippen molar-refractivity contribution < 1.29 is 61.2 Å². The molecule has 3 heterocycles. The highest BCUT2D eigenvalue weighted by Crippen LogP contribution is 2.44. The van der Waals surface area contributed by atoms with Gasteiger partial charge in [0.05, 0.1) is 6.04 Å². The molecule has 20 heteroatoms. The average molecular weight is 525 g/mol. The maximum atomic E-state index is 11.1. The number of nitrogens with two attached hydrogens (primary N) is 2. The molecule has 0 saturated carbocycles. The monoisotopic (exact) mass is 525 g/mol. The molecule has 14 nitrogen and oxygen atoms in total. The van der Waals surface area contributed by atoms with Crippen LogP contribution in [0.5, 0.6) is 0 Å². The quantitative estimate of drug-likeness (QED) is 0.138. The van der Waals surface area contributed by atoms with E-state index in [1.165, 1.54) is 6.92 Å². The molecule has 10 N–H and O–H groups in total. The molecule has 0 aromatic carbocycles. The van der Waals surface area contributed by atoms with Gasteiger partial charge >= 0.3 is 24.3 Å². The fourth-order valence-corrected chi connectivity index (χ4v) is 3.34. The van der Waals surface area contributed by atoms with Crippen LogP contribution in [0.3, 0.4) is 0 Å². The van der Waals surface area contributed by atoms with Crippen LogP contribution in [0, 0.1) is 0 Å². The molecule has 0 aliphatic carbocycles. The number of amides is 1. The Balaban J connectivity index is 0.000000362. The number of alkyl halides is 6. The molecule has 3 aliphatic rings. The van der Waals surface area contributed by atoms with E-state index in [-0.39, 0.29) is 30.8 Å². The summed E-state index contributed by atoms with van der Waals surface area (Å²) < 4.78 is 63.5. The van der Waals surface area contributed by atoms with Gasteiger partial charge in [0.2, 0.25) is 11.7 Å². The van der Waals surface area contributed by atoms with Crippen LogP contribution in [0.1, 0.15) is 13.3 Å². The molecule has 1 spiro atoms. The molecule has 0 bridgehead atoms. The van der Waals surface area contributed by atoms with E-state index in [9.17, 15) is 41.4 Å². The maximum Gasteiger partial charge on any atom is 0.490 e. The number of carbonyl (C=O) groups is 3. The number of nitrogens with one attached hydrogen (secondary N) is 2. The summed E-state index contributed by atoms with van der Waals surface area (Å²) in [6.07, 6.45) is -10.1. The molecule has 3 atom stereocenters. The number of hydrogen-bond donors (Lipinski definition) is 8. The molecule has 3 rings (SSSR count). The van der Waals surface area contributed by atoms with Crippen molar-refractivity contribution in [3.05, 3.63) is 0 Å². The summed E-state index contributed by atoms with van der Waals surface area (Å²) in [7, 11) is 0. The minimum Gasteiger partial charge on any atom is -0.475 e. The van der Waals surface area contributed by atoms with Gasteiger partial charge in [-0.05, 0) is 0 Å². The highest BCUT2D eigenvalue weighted by atomic mass is 19.4. The zero-order valence-corrected chi connectivity index (χ0v) is 17.6. The number of rotatable bonds is 2. The molecule has 35 heavy (non-hydrogen) atoms. The fraction of sp³-hybridized carbons (Fsp3) is 0.667. The van der Waals surface area contributed by atoms with Crippen LogP contribution in [0.25, 0.3) is 0 Å². The van der Waals surface area contributed by atoms with Gasteiger partial charge in [0, 0.05) is 26.4 Å². The van der Waals surface area contributed by atoms with Crippen molar-refractivity contribution in [2.45, 2.75) is 49.2 Å². The first-order valence-corrected chi connectivity index (χ1v) is 9.18. The first kappa shape index (κ1) is 29.5. The van der Waals surface area contributed by atoms with E-state index in [2.05, 4.69) is 20.6 Å². The van der Waals surface area contributed by atoms with Crippen LogP contribution in [0.15, 0.2) is 9.98 Å². The number of guanidine groups is 2. The lowest BCUT2D eigenvalue weighted by Gasteiger charge is -2.48. The smallest absolute Gasteiger partial charge is 0.475 e. The summed E-state index contributed by atoms with van der Waals surface area (Å²) in [5.74, 6) is -7.52. The lowest BCUT2D eigenvalue weighted by atomic mass is 9.86. The lowest BCUT2D eigenvalue weighted by Crippen LogP contribution is -2.76. The van der Waals surface area contributed by atoms with E-state index >= 15 is 0 Å². The second-order valence-electron chi connectivity index (χ2n) is 7.17. The third kappa shape index (κ3) is 6.53. The van der Waals surface area contributed by atoms with Crippen LogP contribution < -0.4 is 22.1 Å². The number of aliphatic imine (C=N–C) groups is 2. The minimum absolute atomic E-state index is 0.0857. The van der Waals surface area contributed by atoms with Gasteiger partial charge in [-0.15, -0.1) is 0 Å². The second kappa shape index (κ2) is 9.98. The van der Waals surface area contributed by atoms with Crippen molar-refractivity contribution in [3.63, 3.8) is 0 Å². The number of aliphatic carboxylic acids is 2. The predicted molar refractivity (Wildman–Crippen MR) is 101 cm³/mol. The van der Waals surface area contributed by atoms with Gasteiger partial charge in [0.15, 0.2) is 17.6 Å². The minimum atomic E-state index is -5.08. The summed E-state index contributed by atoms with van der Waals surface area (Å²) in [6, 6.07) is -1.19. The van der Waals surface area contributed by atoms with Gasteiger partial charge in [-0.1, -0.05) is 0 Å². The first-order valence-electron chi connectivity index (χ1n) is 9.18. The number of halogens is 6. The van der Waals surface area contributed by atoms with Gasteiger partial charge in [-0.25, -0.2) is 19.6 Å². The number of carbonyl (C=O) groups excluding carboxylic acids is 1. The van der Waals surface area contributed by atoms with Crippen LogP contribution >= 0.6 is 0 Å². The Bertz CT molecular complexity index is 884. The Morgan fingerprint density at radius 3 is 1.94 bits per heavy atom. The topological polar surface area (TPSA) is 236 Å². The zero-order chi connectivity index (χ0) is 27.6. The molecule has 0 aromatic rings. The van der Waals surface area contributed by atoms with Crippen molar-refractivity contribution in [1.82, 2.24) is 15.5 Å². The second-order valence-corrected chi connectivity index (χ2v) is 7.17. The summed E-state index contributed by atoms with van der Waals surface area (Å²) in [5, 5.41) is 40.6. The van der Waals surface area contributed by atoms with Crippen LogP contribution in [-0.2, 0) is 14.4 Å². The molecule has 3 aliphatic heterocycles. The van der Waals surface area contributed by atoms with E-state index in [1.54, 1.807) is 4.90 Å². The molecular formula is C15H21F6N7O7. The Morgan fingerprint density at radius 2 is 1.54 bits per heavy atom. The third-order valence-electron chi connectivity index (χ3n) is 4.73. The van der Waals surface area contributed by atoms with Crippen molar-refractivity contribution in [1.29, 1.82) is 0 Å². The normalized spacial score (nSPS) is 26.3. The number of carboxylic acid groups (broad SMARTS) is 2. The maximum absolute atomic E-state index is 11.1. The number of nitrogens with zero attached hydrogens (tertiary/aromatic N) is 3. The Kier molecular flexibility index (Phi) is 8.40. The highest BCUT2D eigenvalue weighted by Gasteiger charge is 2.69. The Hall–Kier alpha value is -3.55. The van der Waals surface area contributed by atoms with Gasteiger partial charge in [-0.3, -0.25) is 4.79 Å². The highest BCUT2D eigenvalue weighted by molar-refractivity contribution is 5.87. The average Bonchev–Trinajstić information content (AvgIpc) is 3.16. The van der Waals surface area contributed by atoms with E-state index in [0.29, 0.717) is 6.54 Å². The van der Waals surface area contributed by atoms with Gasteiger partial charge in [-0.2, -0.15) is 26.3 Å². The molecule has 200 valence electrons. The standard InChI is InChI=1S/C11H19N7O3.2C2HF3O2/c1-5(19)14-4-6-7-11(17-8(12)16-7)10(20,21)2-3-18(11)9(13)15-6;2*3-2(4,5)1(6)7/h6-7,20-21H,2-4H2,1H3,(H2,13,15)(H,14,19)(H3,12,16,17);2*(H,6,7)/t6-,7-,11-;;/m0../s1. The molecule has 1 fully saturated rings. The molecule has 1 saturated heterocycles. The molecule has 0 unspecified atom stereocenters. The number of carboxylic acids is 2. The first-order chi connectivity index (χ1) is 15.7. The summed E-state index contributed by atoms with van der Waals surface area (Å²) in [4.78, 5) is 39.0. The predicted octanol–water partition coefficient (Wildman–Crippen LogP) is -2.54. The van der Waals surface area contributed by atoms with Gasteiger partial charge in [0.1, 0.15) is 6.04 Å². The zero-order valence-electron chi connectivity index (χ0n) is 17.6. The van der Waals surface area contributed by atoms with Crippen molar-refractivity contribution >= 4 is 29.8 Å². The summed E-state index contributed by atoms with van der Waals surface area (Å²) >= 11 is 0. The van der Waals surface area contributed by atoms with Crippen molar-refractivity contribution in [2.24, 2.45) is 21.5 Å². The van der Waals surface area contributed by atoms with Crippen LogP contribution in [0.2, 0.25) is 0 Å². The molecule has 0 radical (unpaired) electrons. The van der Waals surface area contributed by atoms with E-state index in [0.717, 1.165) is 0 Å². The molecule has 1 amide bonds. The summed E-state index contributed by atoms with van der Waals surface area (Å²) in [6.45, 7) is 1.90. The van der Waals surface area contributed by atoms with Gasteiger partial charge < -0.3 is 47.4 Å². The Morgan fingerprint density at radius 1 is 1.09 bits per heavy atom. The SMILES string of the molecule is CC(=O)NC[C@@H]1N=C(N)N2CCC(O)(O)[C@@]23NC(N)=N[C@@H]13.O=C(O)C(F)(F)F.O=C(O)C(F)(F)F. The fourth-order valence-electron chi connectivity index (χ4n) is 3.34. The van der Waals surface area contributed by atoms with Crippen LogP contribution in [-0.4, -0.2) is 104 Å². The largest absolute Gasteiger partial charge is 0.490 e. The van der Waals surface area contributed by atoms with E-state index < -0.39 is 47.8 Å². The summed E-state index contributed by atoms with van der Waals surface area (Å²) in [5.41, 5.74) is 10.3. The Labute approximate surface area is 191 Å². The number of hydrogen-bond acceptors (Lipinski definition) is 11. The molecule has 0 aromatic heterocycles. The van der Waals surface area contributed by atoms with E-state index in [1.807, 2.05) is 0 Å². The van der Waals surface area contributed by atoms with Crippen molar-refractivity contribution in [2.75, 3.05) is 13.1 Å². The van der Waals surface area contributed by atoms with Crippen LogP contribution in [0.4, 0.5) is 26.3 Å². The number of aliphatic hydroxyl groups is 2. The van der Waals surface area contributed by atoms with E-state index in [4.69, 9.17) is 31.3 Å². The molecular weight excluding hydrogens is 504 g/mol. The third-order valence-corrected chi connectivity index (χ3v) is 4.73. The van der Waals surface area contributed by atoms with Gasteiger partial charge in [0.25, 0.3) is 0 Å². The van der Waals surface area contributed by atoms with Crippen molar-refractivity contribution in [3.8, 4) is 0 Å². The lowest BCUT2D eigenvalue weighted by molar-refractivity contribution is -0.220.